The largest absolute Gasteiger partial charge is 0.385 e. The van der Waals surface area contributed by atoms with Crippen LogP contribution in [-0.4, -0.2) is 74.7 Å². The number of carbonyl (C=O) groups is 2. The minimum atomic E-state index is -0.0180. The Kier molecular flexibility index (Phi) is 8.92. The predicted octanol–water partition coefficient (Wildman–Crippen LogP) is 1.06. The predicted molar refractivity (Wildman–Crippen MR) is 101 cm³/mol. The summed E-state index contributed by atoms with van der Waals surface area (Å²) in [5.74, 6) is 0.0184. The standard InChI is InChI=1S/C19H30N4O3/c1-26-14-6-5-9-20-19(25)23-12-10-22(11-13-23)16-18(24)21-15-17-7-3-2-4-8-17/h2-4,7-8H,5-6,9-16H2,1H3,(H,20,25)(H,21,24). The number of amides is 3. The van der Waals surface area contributed by atoms with Gasteiger partial charge in [-0.25, -0.2) is 4.79 Å². The first-order chi connectivity index (χ1) is 12.7. The summed E-state index contributed by atoms with van der Waals surface area (Å²) < 4.78 is 4.99. The van der Waals surface area contributed by atoms with Crippen molar-refractivity contribution in [2.45, 2.75) is 19.4 Å². The van der Waals surface area contributed by atoms with Crippen LogP contribution in [0.1, 0.15) is 18.4 Å². The maximum Gasteiger partial charge on any atom is 0.317 e. The number of piperazine rings is 1. The van der Waals surface area contributed by atoms with Crippen LogP contribution in [0.4, 0.5) is 4.79 Å². The van der Waals surface area contributed by atoms with E-state index in [9.17, 15) is 9.59 Å². The summed E-state index contributed by atoms with van der Waals surface area (Å²) in [6.45, 7) is 5.05. The Labute approximate surface area is 155 Å². The molecule has 0 aromatic heterocycles. The molecule has 1 aromatic rings. The van der Waals surface area contributed by atoms with Gasteiger partial charge in [-0.1, -0.05) is 30.3 Å². The molecular formula is C19H30N4O3. The van der Waals surface area contributed by atoms with Crippen molar-refractivity contribution in [1.29, 1.82) is 0 Å². The monoisotopic (exact) mass is 362 g/mol. The van der Waals surface area contributed by atoms with Crippen LogP contribution in [0.3, 0.4) is 0 Å². The highest BCUT2D eigenvalue weighted by atomic mass is 16.5. The fourth-order valence-corrected chi connectivity index (χ4v) is 2.84. The van der Waals surface area contributed by atoms with Crippen LogP contribution < -0.4 is 10.6 Å². The first-order valence-electron chi connectivity index (χ1n) is 9.23. The molecule has 1 fully saturated rings. The molecule has 2 N–H and O–H groups in total. The van der Waals surface area contributed by atoms with E-state index in [4.69, 9.17) is 4.74 Å². The van der Waals surface area contributed by atoms with Gasteiger partial charge in [0.05, 0.1) is 6.54 Å². The van der Waals surface area contributed by atoms with Crippen LogP contribution in [-0.2, 0) is 16.1 Å². The fraction of sp³-hybridized carbons (Fsp3) is 0.579. The Bertz CT molecular complexity index is 545. The van der Waals surface area contributed by atoms with Gasteiger partial charge in [-0.2, -0.15) is 0 Å². The molecule has 0 spiro atoms. The first-order valence-corrected chi connectivity index (χ1v) is 9.23. The van der Waals surface area contributed by atoms with E-state index in [2.05, 4.69) is 15.5 Å². The number of hydrogen-bond donors (Lipinski definition) is 2. The zero-order chi connectivity index (χ0) is 18.6. The number of ether oxygens (including phenoxy) is 1. The molecule has 26 heavy (non-hydrogen) atoms. The first kappa shape index (κ1) is 20.2. The van der Waals surface area contributed by atoms with Gasteiger partial charge in [0, 0.05) is 53.0 Å². The van der Waals surface area contributed by atoms with Gasteiger partial charge in [0.15, 0.2) is 0 Å². The second-order valence-corrected chi connectivity index (χ2v) is 6.46. The van der Waals surface area contributed by atoms with Gasteiger partial charge in [-0.05, 0) is 18.4 Å². The van der Waals surface area contributed by atoms with Gasteiger partial charge < -0.3 is 20.3 Å². The molecule has 0 unspecified atom stereocenters. The van der Waals surface area contributed by atoms with Crippen molar-refractivity contribution in [2.75, 3.05) is 53.0 Å². The summed E-state index contributed by atoms with van der Waals surface area (Å²) in [5, 5.41) is 5.88. The van der Waals surface area contributed by atoms with Crippen molar-refractivity contribution in [1.82, 2.24) is 20.4 Å². The third-order valence-corrected chi connectivity index (χ3v) is 4.41. The average molecular weight is 362 g/mol. The van der Waals surface area contributed by atoms with Crippen LogP contribution in [0.2, 0.25) is 0 Å². The van der Waals surface area contributed by atoms with E-state index in [1.807, 2.05) is 35.2 Å². The third-order valence-electron chi connectivity index (χ3n) is 4.41. The van der Waals surface area contributed by atoms with Gasteiger partial charge in [-0.3, -0.25) is 9.69 Å². The van der Waals surface area contributed by atoms with Crippen molar-refractivity contribution in [3.63, 3.8) is 0 Å². The van der Waals surface area contributed by atoms with E-state index in [1.54, 1.807) is 7.11 Å². The Morgan fingerprint density at radius 2 is 1.77 bits per heavy atom. The zero-order valence-electron chi connectivity index (χ0n) is 15.6. The molecule has 7 nitrogen and oxygen atoms in total. The molecule has 3 amide bonds. The molecule has 1 aliphatic heterocycles. The second kappa shape index (κ2) is 11.5. The lowest BCUT2D eigenvalue weighted by atomic mass is 10.2. The second-order valence-electron chi connectivity index (χ2n) is 6.46. The van der Waals surface area contributed by atoms with Crippen molar-refractivity contribution in [3.05, 3.63) is 35.9 Å². The number of unbranched alkanes of at least 4 members (excludes halogenated alkanes) is 1. The van der Waals surface area contributed by atoms with Crippen LogP contribution in [0.15, 0.2) is 30.3 Å². The number of benzene rings is 1. The van der Waals surface area contributed by atoms with Crippen molar-refractivity contribution in [2.24, 2.45) is 0 Å². The highest BCUT2D eigenvalue weighted by Gasteiger charge is 2.22. The maximum atomic E-state index is 12.1. The molecule has 1 saturated heterocycles. The molecule has 144 valence electrons. The SMILES string of the molecule is COCCCCNC(=O)N1CCN(CC(=O)NCc2ccccc2)CC1. The molecule has 1 aliphatic rings. The van der Waals surface area contributed by atoms with E-state index in [0.29, 0.717) is 32.7 Å². The van der Waals surface area contributed by atoms with E-state index in [0.717, 1.165) is 38.1 Å². The molecule has 0 saturated carbocycles. The summed E-state index contributed by atoms with van der Waals surface area (Å²) >= 11 is 0. The highest BCUT2D eigenvalue weighted by molar-refractivity contribution is 5.78. The lowest BCUT2D eigenvalue weighted by molar-refractivity contribution is -0.122. The lowest BCUT2D eigenvalue weighted by Gasteiger charge is -2.34. The maximum absolute atomic E-state index is 12.1. The number of hydrogen-bond acceptors (Lipinski definition) is 4. The van der Waals surface area contributed by atoms with E-state index in [1.165, 1.54) is 0 Å². The van der Waals surface area contributed by atoms with E-state index < -0.39 is 0 Å². The number of carbonyl (C=O) groups excluding carboxylic acids is 2. The highest BCUT2D eigenvalue weighted by Crippen LogP contribution is 2.03. The number of rotatable bonds is 9. The summed E-state index contributed by atoms with van der Waals surface area (Å²) in [6, 6.07) is 9.85. The van der Waals surface area contributed by atoms with Gasteiger partial charge in [0.2, 0.25) is 5.91 Å². The topological polar surface area (TPSA) is 73.9 Å². The molecular weight excluding hydrogens is 332 g/mol. The van der Waals surface area contributed by atoms with Gasteiger partial charge in [-0.15, -0.1) is 0 Å². The smallest absolute Gasteiger partial charge is 0.317 e. The molecule has 0 aliphatic carbocycles. The molecule has 2 rings (SSSR count). The minimum Gasteiger partial charge on any atom is -0.385 e. The number of urea groups is 1. The molecule has 1 heterocycles. The van der Waals surface area contributed by atoms with Crippen LogP contribution in [0, 0.1) is 0 Å². The van der Waals surface area contributed by atoms with Crippen molar-refractivity contribution < 1.29 is 14.3 Å². The van der Waals surface area contributed by atoms with E-state index in [-0.39, 0.29) is 11.9 Å². The van der Waals surface area contributed by atoms with Crippen molar-refractivity contribution in [3.8, 4) is 0 Å². The van der Waals surface area contributed by atoms with Crippen LogP contribution in [0.25, 0.3) is 0 Å². The number of methoxy groups -OCH3 is 1. The quantitative estimate of drug-likeness (QED) is 0.644. The van der Waals surface area contributed by atoms with Crippen molar-refractivity contribution >= 4 is 11.9 Å². The Morgan fingerprint density at radius 3 is 2.46 bits per heavy atom. The molecule has 0 atom stereocenters. The minimum absolute atomic E-state index is 0.0180. The number of nitrogens with one attached hydrogen (secondary N) is 2. The molecule has 0 bridgehead atoms. The zero-order valence-corrected chi connectivity index (χ0v) is 15.6. The summed E-state index contributed by atoms with van der Waals surface area (Å²) in [4.78, 5) is 28.1. The molecule has 1 aromatic carbocycles. The van der Waals surface area contributed by atoms with Crippen LogP contribution in [0.5, 0.6) is 0 Å². The van der Waals surface area contributed by atoms with Gasteiger partial charge in [0.25, 0.3) is 0 Å². The molecule has 0 radical (unpaired) electrons. The fourth-order valence-electron chi connectivity index (χ4n) is 2.84. The Hall–Kier alpha value is -2.12. The number of nitrogens with zero attached hydrogens (tertiary/aromatic N) is 2. The van der Waals surface area contributed by atoms with Gasteiger partial charge in [0.1, 0.15) is 0 Å². The Morgan fingerprint density at radius 1 is 1.04 bits per heavy atom. The summed E-state index contributed by atoms with van der Waals surface area (Å²) in [6.07, 6.45) is 1.86. The summed E-state index contributed by atoms with van der Waals surface area (Å²) in [7, 11) is 1.68. The normalized spacial score (nSPS) is 14.9. The van der Waals surface area contributed by atoms with Gasteiger partial charge >= 0.3 is 6.03 Å². The van der Waals surface area contributed by atoms with E-state index >= 15 is 0 Å². The average Bonchev–Trinajstić information content (AvgIpc) is 2.67. The molecule has 7 heteroatoms. The van der Waals surface area contributed by atoms with Crippen LogP contribution >= 0.6 is 0 Å². The lowest BCUT2D eigenvalue weighted by Crippen LogP contribution is -2.53. The summed E-state index contributed by atoms with van der Waals surface area (Å²) in [5.41, 5.74) is 1.09. The third kappa shape index (κ3) is 7.41. The Balaban J connectivity index is 1.58.